The van der Waals surface area contributed by atoms with Crippen LogP contribution in [0.2, 0.25) is 0 Å². The summed E-state index contributed by atoms with van der Waals surface area (Å²) in [5, 5.41) is 0. The molecule has 3 rings (SSSR count). The lowest BCUT2D eigenvalue weighted by Crippen LogP contribution is -2.34. The fourth-order valence-corrected chi connectivity index (χ4v) is 6.34. The maximum atomic E-state index is 13.6. The molecule has 142 valence electrons. The zero-order chi connectivity index (χ0) is 18.7. The van der Waals surface area contributed by atoms with Crippen molar-refractivity contribution < 1.29 is 17.9 Å². The molecule has 0 bridgehead atoms. The maximum absolute atomic E-state index is 13.6. The molecule has 0 radical (unpaired) electrons. The lowest BCUT2D eigenvalue weighted by Gasteiger charge is -2.29. The second-order valence-corrected chi connectivity index (χ2v) is 9.62. The molecule has 0 unspecified atom stereocenters. The van der Waals surface area contributed by atoms with Gasteiger partial charge in [-0.3, -0.25) is 0 Å². The van der Waals surface area contributed by atoms with Gasteiger partial charge in [-0.1, -0.05) is 12.8 Å². The van der Waals surface area contributed by atoms with Gasteiger partial charge in [0.05, 0.1) is 20.3 Å². The number of rotatable bonds is 5. The largest absolute Gasteiger partial charge is 0.497 e. The fourth-order valence-electron chi connectivity index (χ4n) is 3.40. The Morgan fingerprint density at radius 2 is 1.88 bits per heavy atom. The molecule has 26 heavy (non-hydrogen) atoms. The summed E-state index contributed by atoms with van der Waals surface area (Å²) >= 11 is 1.67. The maximum Gasteiger partial charge on any atom is 0.247 e. The third-order valence-corrected chi connectivity index (χ3v) is 7.78. The molecule has 0 amide bonds. The zero-order valence-corrected chi connectivity index (χ0v) is 17.0. The highest BCUT2D eigenvalue weighted by Gasteiger charge is 2.36. The van der Waals surface area contributed by atoms with Gasteiger partial charge >= 0.3 is 0 Å². The van der Waals surface area contributed by atoms with E-state index in [0.29, 0.717) is 18.0 Å². The van der Waals surface area contributed by atoms with E-state index in [1.165, 1.54) is 19.1 Å². The number of benzene rings is 1. The summed E-state index contributed by atoms with van der Waals surface area (Å²) in [6.45, 7) is 2.57. The molecule has 1 atom stereocenters. The summed E-state index contributed by atoms with van der Waals surface area (Å²) in [6, 6.07) is 8.89. The molecule has 0 spiro atoms. The predicted octanol–water partition coefficient (Wildman–Crippen LogP) is 4.38. The molecule has 2 heterocycles. The molecule has 1 saturated heterocycles. The average Bonchev–Trinajstić information content (AvgIpc) is 2.92. The summed E-state index contributed by atoms with van der Waals surface area (Å²) in [5.41, 5.74) is 0. The first-order chi connectivity index (χ1) is 12.5. The summed E-state index contributed by atoms with van der Waals surface area (Å²) in [6.07, 6.45) is 3.78. The van der Waals surface area contributed by atoms with Gasteiger partial charge in [-0.2, -0.15) is 4.31 Å². The highest BCUT2D eigenvalue weighted by atomic mass is 32.2. The first-order valence-corrected chi connectivity index (χ1v) is 11.0. The Labute approximate surface area is 159 Å². The van der Waals surface area contributed by atoms with Crippen LogP contribution in [-0.4, -0.2) is 33.5 Å². The number of hydrogen-bond donors (Lipinski definition) is 0. The minimum absolute atomic E-state index is 0.128. The van der Waals surface area contributed by atoms with E-state index in [9.17, 15) is 8.42 Å². The standard InChI is InChI=1S/C19H25NO4S2/c1-14-8-11-18(25-14)16-7-5-4-6-12-20(16)26(21,22)19-13-15(23-2)9-10-17(19)24-3/h8-11,13,16H,4-7,12H2,1-3H3/t16-/m1/s1. The Morgan fingerprint density at radius 1 is 1.08 bits per heavy atom. The highest BCUT2D eigenvalue weighted by molar-refractivity contribution is 7.89. The summed E-state index contributed by atoms with van der Waals surface area (Å²) in [7, 11) is -0.695. The van der Waals surface area contributed by atoms with Crippen molar-refractivity contribution in [2.24, 2.45) is 0 Å². The van der Waals surface area contributed by atoms with Crippen LogP contribution in [-0.2, 0) is 10.0 Å². The Balaban J connectivity index is 2.08. The van der Waals surface area contributed by atoms with Crippen molar-refractivity contribution in [2.75, 3.05) is 20.8 Å². The number of ether oxygens (including phenoxy) is 2. The minimum Gasteiger partial charge on any atom is -0.497 e. The van der Waals surface area contributed by atoms with Gasteiger partial charge in [0.1, 0.15) is 16.4 Å². The van der Waals surface area contributed by atoms with E-state index < -0.39 is 10.0 Å². The van der Waals surface area contributed by atoms with Gasteiger partial charge in [0.2, 0.25) is 10.0 Å². The van der Waals surface area contributed by atoms with E-state index in [4.69, 9.17) is 9.47 Å². The first kappa shape index (κ1) is 19.2. The number of sulfonamides is 1. The van der Waals surface area contributed by atoms with Gasteiger partial charge in [0.15, 0.2) is 0 Å². The molecule has 1 fully saturated rings. The van der Waals surface area contributed by atoms with Crippen LogP contribution in [0.4, 0.5) is 0 Å². The molecule has 1 aliphatic rings. The number of hydrogen-bond acceptors (Lipinski definition) is 5. The van der Waals surface area contributed by atoms with Crippen molar-refractivity contribution in [3.05, 3.63) is 40.1 Å². The lowest BCUT2D eigenvalue weighted by atomic mass is 10.1. The van der Waals surface area contributed by atoms with Crippen molar-refractivity contribution in [3.63, 3.8) is 0 Å². The van der Waals surface area contributed by atoms with Gasteiger partial charge in [-0.25, -0.2) is 8.42 Å². The molecule has 2 aromatic rings. The molecule has 0 saturated carbocycles. The number of aryl methyl sites for hydroxylation is 1. The van der Waals surface area contributed by atoms with E-state index in [0.717, 1.165) is 30.6 Å². The van der Waals surface area contributed by atoms with Gasteiger partial charge in [0.25, 0.3) is 0 Å². The third kappa shape index (κ3) is 3.75. The van der Waals surface area contributed by atoms with Crippen molar-refractivity contribution in [1.82, 2.24) is 4.31 Å². The van der Waals surface area contributed by atoms with Gasteiger partial charge in [-0.15, -0.1) is 11.3 Å². The van der Waals surface area contributed by atoms with Crippen molar-refractivity contribution in [3.8, 4) is 11.5 Å². The quantitative estimate of drug-likeness (QED) is 0.754. The van der Waals surface area contributed by atoms with Crippen LogP contribution in [0, 0.1) is 6.92 Å². The third-order valence-electron chi connectivity index (χ3n) is 4.75. The van der Waals surface area contributed by atoms with Crippen LogP contribution in [0.1, 0.15) is 41.5 Å². The molecule has 1 aromatic carbocycles. The van der Waals surface area contributed by atoms with E-state index in [2.05, 4.69) is 19.1 Å². The lowest BCUT2D eigenvalue weighted by molar-refractivity contribution is 0.329. The molecular weight excluding hydrogens is 370 g/mol. The monoisotopic (exact) mass is 395 g/mol. The second kappa shape index (κ2) is 7.98. The topological polar surface area (TPSA) is 55.8 Å². The molecule has 1 aliphatic heterocycles. The number of thiophene rings is 1. The van der Waals surface area contributed by atoms with E-state index in [1.807, 2.05) is 0 Å². The summed E-state index contributed by atoms with van der Waals surface area (Å²) in [4.78, 5) is 2.47. The normalized spacial score (nSPS) is 19.1. The smallest absolute Gasteiger partial charge is 0.247 e. The highest BCUT2D eigenvalue weighted by Crippen LogP contribution is 2.40. The van der Waals surface area contributed by atoms with E-state index >= 15 is 0 Å². The number of nitrogens with zero attached hydrogens (tertiary/aromatic N) is 1. The van der Waals surface area contributed by atoms with Gasteiger partial charge in [0, 0.05) is 22.4 Å². The molecule has 0 N–H and O–H groups in total. The van der Waals surface area contributed by atoms with E-state index in [1.54, 1.807) is 33.8 Å². The molecule has 7 heteroatoms. The van der Waals surface area contributed by atoms with E-state index in [-0.39, 0.29) is 10.9 Å². The number of methoxy groups -OCH3 is 2. The summed E-state index contributed by atoms with van der Waals surface area (Å²) < 4.78 is 39.4. The Kier molecular flexibility index (Phi) is 5.89. The molecule has 0 aliphatic carbocycles. The van der Waals surface area contributed by atoms with Crippen LogP contribution in [0.5, 0.6) is 11.5 Å². The Bertz CT molecular complexity index is 860. The van der Waals surface area contributed by atoms with Crippen LogP contribution in [0.15, 0.2) is 35.2 Å². The van der Waals surface area contributed by atoms with Crippen LogP contribution >= 0.6 is 11.3 Å². The van der Waals surface area contributed by atoms with Crippen molar-refractivity contribution >= 4 is 21.4 Å². The van der Waals surface area contributed by atoms with Gasteiger partial charge in [-0.05, 0) is 44.0 Å². The van der Waals surface area contributed by atoms with Crippen LogP contribution in [0.3, 0.4) is 0 Å². The van der Waals surface area contributed by atoms with Crippen LogP contribution in [0.25, 0.3) is 0 Å². The molecular formula is C19H25NO4S2. The zero-order valence-electron chi connectivity index (χ0n) is 15.4. The fraction of sp³-hybridized carbons (Fsp3) is 0.474. The average molecular weight is 396 g/mol. The van der Waals surface area contributed by atoms with Crippen molar-refractivity contribution in [2.45, 2.75) is 43.5 Å². The Hall–Kier alpha value is -1.57. The van der Waals surface area contributed by atoms with Gasteiger partial charge < -0.3 is 9.47 Å². The second-order valence-electron chi connectivity index (χ2n) is 6.45. The minimum atomic E-state index is -3.71. The Morgan fingerprint density at radius 3 is 2.54 bits per heavy atom. The molecule has 5 nitrogen and oxygen atoms in total. The first-order valence-electron chi connectivity index (χ1n) is 8.77. The molecule has 1 aromatic heterocycles. The predicted molar refractivity (Wildman–Crippen MR) is 104 cm³/mol. The van der Waals surface area contributed by atoms with Crippen LogP contribution < -0.4 is 9.47 Å². The SMILES string of the molecule is COc1ccc(OC)c(S(=O)(=O)N2CCCCC[C@@H]2c2ccc(C)s2)c1. The summed E-state index contributed by atoms with van der Waals surface area (Å²) in [5.74, 6) is 0.846. The van der Waals surface area contributed by atoms with Crippen molar-refractivity contribution in [1.29, 1.82) is 0 Å².